The number of para-hydroxylation sites is 1. The second-order valence-corrected chi connectivity index (χ2v) is 3.92. The van der Waals surface area contributed by atoms with Gasteiger partial charge in [-0.3, -0.25) is 0 Å². The van der Waals surface area contributed by atoms with Gasteiger partial charge in [0, 0.05) is 12.5 Å². The van der Waals surface area contributed by atoms with Crippen molar-refractivity contribution in [3.05, 3.63) is 33.9 Å². The van der Waals surface area contributed by atoms with Crippen LogP contribution in [0, 0.1) is 5.21 Å². The van der Waals surface area contributed by atoms with Gasteiger partial charge in [-0.05, 0) is 6.07 Å². The molecule has 0 aliphatic rings. The largest absolute Gasteiger partial charge is 0.595 e. The van der Waals surface area contributed by atoms with Gasteiger partial charge in [0.1, 0.15) is 0 Å². The van der Waals surface area contributed by atoms with Crippen LogP contribution in [0.4, 0.5) is 0 Å². The number of aliphatic hydroxyl groups excluding tert-OH is 2. The number of aromatic amines is 1. The minimum absolute atomic E-state index is 0.133. The second kappa shape index (κ2) is 5.63. The molecule has 2 aromatic rings. The highest BCUT2D eigenvalue weighted by Gasteiger charge is 2.12. The summed E-state index contributed by atoms with van der Waals surface area (Å²) >= 11 is 0. The summed E-state index contributed by atoms with van der Waals surface area (Å²) < 4.78 is 5.36. The number of fused-ring (bicyclic) bond motifs is 1. The van der Waals surface area contributed by atoms with Crippen molar-refractivity contribution in [3.63, 3.8) is 0 Å². The second-order valence-electron chi connectivity index (χ2n) is 3.92. The number of rotatable bonds is 5. The molecule has 0 radical (unpaired) electrons. The Labute approximate surface area is 107 Å². The predicted molar refractivity (Wildman–Crippen MR) is 64.5 cm³/mol. The molecule has 2 rings (SSSR count). The standard InChI is InChI=1S/C11H13N3O5/c15-6-7(16)4-5-19-9-3-1-2-8-10(9)12-11(17)13-14(8)18/h1-3,7,15-16H,4-6H2,(H,12,13,17). The van der Waals surface area contributed by atoms with Crippen molar-refractivity contribution in [2.75, 3.05) is 13.2 Å². The van der Waals surface area contributed by atoms with E-state index in [1.165, 1.54) is 6.07 Å². The van der Waals surface area contributed by atoms with E-state index in [2.05, 4.69) is 4.98 Å². The van der Waals surface area contributed by atoms with E-state index in [9.17, 15) is 15.1 Å². The van der Waals surface area contributed by atoms with Crippen LogP contribution in [0.15, 0.2) is 23.0 Å². The maximum absolute atomic E-state index is 11.5. The SMILES string of the molecule is O=c1nc2c(OCCC(O)CO)cccc2[n+]([O-])[nH]1. The molecule has 3 N–H and O–H groups in total. The first-order chi connectivity index (χ1) is 9.11. The van der Waals surface area contributed by atoms with Crippen molar-refractivity contribution in [2.45, 2.75) is 12.5 Å². The molecule has 1 atom stereocenters. The van der Waals surface area contributed by atoms with Crippen LogP contribution in [-0.2, 0) is 0 Å². The summed E-state index contributed by atoms with van der Waals surface area (Å²) in [5, 5.41) is 31.3. The summed E-state index contributed by atoms with van der Waals surface area (Å²) in [5.41, 5.74) is -0.437. The van der Waals surface area contributed by atoms with Gasteiger partial charge in [-0.1, -0.05) is 16.0 Å². The fourth-order valence-corrected chi connectivity index (χ4v) is 1.57. The Bertz CT molecular complexity index is 627. The Hall–Kier alpha value is -2.19. The molecule has 102 valence electrons. The first kappa shape index (κ1) is 13.2. The lowest BCUT2D eigenvalue weighted by Crippen LogP contribution is -2.39. The number of aromatic nitrogens is 3. The maximum Gasteiger partial charge on any atom is 0.395 e. The van der Waals surface area contributed by atoms with E-state index >= 15 is 0 Å². The molecule has 0 saturated heterocycles. The zero-order valence-corrected chi connectivity index (χ0v) is 9.94. The molecule has 0 aliphatic heterocycles. The maximum atomic E-state index is 11.5. The minimum atomic E-state index is -0.865. The average Bonchev–Trinajstić information content (AvgIpc) is 2.39. The van der Waals surface area contributed by atoms with E-state index in [0.717, 1.165) is 0 Å². The summed E-state index contributed by atoms with van der Waals surface area (Å²) in [6.07, 6.45) is -0.635. The summed E-state index contributed by atoms with van der Waals surface area (Å²) in [6, 6.07) is 4.66. The fourth-order valence-electron chi connectivity index (χ4n) is 1.57. The highest BCUT2D eigenvalue weighted by Crippen LogP contribution is 2.19. The number of hydrogen-bond acceptors (Lipinski definition) is 6. The van der Waals surface area contributed by atoms with Gasteiger partial charge < -0.3 is 20.2 Å². The highest BCUT2D eigenvalue weighted by molar-refractivity contribution is 5.77. The van der Waals surface area contributed by atoms with Crippen molar-refractivity contribution in [1.82, 2.24) is 10.1 Å². The molecule has 1 heterocycles. The van der Waals surface area contributed by atoms with Gasteiger partial charge in [0.15, 0.2) is 11.3 Å². The van der Waals surface area contributed by atoms with Crippen LogP contribution >= 0.6 is 0 Å². The molecule has 8 nitrogen and oxygen atoms in total. The molecule has 0 saturated carbocycles. The van der Waals surface area contributed by atoms with Crippen molar-refractivity contribution in [3.8, 4) is 5.75 Å². The van der Waals surface area contributed by atoms with Crippen molar-refractivity contribution >= 4 is 11.0 Å². The molecule has 0 fully saturated rings. The molecule has 1 aromatic heterocycles. The lowest BCUT2D eigenvalue weighted by molar-refractivity contribution is -0.644. The molecule has 1 unspecified atom stereocenters. The normalized spacial score (nSPS) is 12.5. The monoisotopic (exact) mass is 267 g/mol. The summed E-state index contributed by atoms with van der Waals surface area (Å²) in [5.74, 6) is 0.276. The van der Waals surface area contributed by atoms with Crippen LogP contribution in [0.5, 0.6) is 5.75 Å². The Kier molecular flexibility index (Phi) is 3.93. The molecule has 8 heteroatoms. The van der Waals surface area contributed by atoms with Gasteiger partial charge in [0.2, 0.25) is 0 Å². The van der Waals surface area contributed by atoms with Crippen molar-refractivity contribution < 1.29 is 19.8 Å². The molecule has 0 bridgehead atoms. The van der Waals surface area contributed by atoms with Gasteiger partial charge in [0.25, 0.3) is 5.52 Å². The van der Waals surface area contributed by atoms with Crippen molar-refractivity contribution in [1.29, 1.82) is 0 Å². The van der Waals surface area contributed by atoms with Gasteiger partial charge in [0.05, 0.1) is 19.3 Å². The topological polar surface area (TPSA) is 122 Å². The molecular weight excluding hydrogens is 254 g/mol. The Morgan fingerprint density at radius 2 is 2.32 bits per heavy atom. The smallest absolute Gasteiger partial charge is 0.395 e. The number of nitrogens with one attached hydrogen (secondary N) is 1. The molecule has 0 aliphatic carbocycles. The van der Waals surface area contributed by atoms with E-state index < -0.39 is 11.8 Å². The van der Waals surface area contributed by atoms with Crippen LogP contribution < -0.4 is 15.3 Å². The van der Waals surface area contributed by atoms with E-state index in [-0.39, 0.29) is 36.4 Å². The van der Waals surface area contributed by atoms with Gasteiger partial charge in [-0.25, -0.2) is 4.79 Å². The number of aliphatic hydroxyl groups is 2. The van der Waals surface area contributed by atoms with E-state index in [4.69, 9.17) is 9.84 Å². The van der Waals surface area contributed by atoms with Crippen LogP contribution in [-0.4, -0.2) is 39.6 Å². The summed E-state index contributed by atoms with van der Waals surface area (Å²) in [4.78, 5) is 15.2. The molecule has 0 amide bonds. The third kappa shape index (κ3) is 2.98. The number of hydrogen-bond donors (Lipinski definition) is 3. The van der Waals surface area contributed by atoms with E-state index in [0.29, 0.717) is 4.85 Å². The van der Waals surface area contributed by atoms with Crippen molar-refractivity contribution in [2.24, 2.45) is 0 Å². The zero-order valence-electron chi connectivity index (χ0n) is 9.94. The van der Waals surface area contributed by atoms with Crippen LogP contribution in [0.1, 0.15) is 6.42 Å². The van der Waals surface area contributed by atoms with Crippen LogP contribution in [0.2, 0.25) is 0 Å². The lowest BCUT2D eigenvalue weighted by Gasteiger charge is -2.09. The lowest BCUT2D eigenvalue weighted by atomic mass is 10.2. The molecular formula is C11H13N3O5. The number of benzene rings is 1. The zero-order chi connectivity index (χ0) is 13.8. The summed E-state index contributed by atoms with van der Waals surface area (Å²) in [7, 11) is 0. The number of ether oxygens (including phenoxy) is 1. The number of H-pyrrole nitrogens is 1. The van der Waals surface area contributed by atoms with E-state index in [1.54, 1.807) is 12.1 Å². The molecule has 0 spiro atoms. The Balaban J connectivity index is 2.26. The molecule has 19 heavy (non-hydrogen) atoms. The third-order valence-electron chi connectivity index (χ3n) is 2.53. The van der Waals surface area contributed by atoms with Crippen LogP contribution in [0.25, 0.3) is 11.0 Å². The summed E-state index contributed by atoms with van der Waals surface area (Å²) in [6.45, 7) is -0.217. The van der Waals surface area contributed by atoms with Crippen LogP contribution in [0.3, 0.4) is 0 Å². The van der Waals surface area contributed by atoms with E-state index in [1.807, 2.05) is 5.10 Å². The van der Waals surface area contributed by atoms with Gasteiger partial charge in [-0.15, -0.1) is 0 Å². The first-order valence-electron chi connectivity index (χ1n) is 5.66. The predicted octanol–water partition coefficient (Wildman–Crippen LogP) is -1.32. The van der Waals surface area contributed by atoms with Gasteiger partial charge >= 0.3 is 5.69 Å². The minimum Gasteiger partial charge on any atom is -0.595 e. The highest BCUT2D eigenvalue weighted by atomic mass is 16.5. The average molecular weight is 267 g/mol. The third-order valence-corrected chi connectivity index (χ3v) is 2.53. The Morgan fingerprint density at radius 3 is 3.05 bits per heavy atom. The van der Waals surface area contributed by atoms with Gasteiger partial charge in [-0.2, -0.15) is 4.98 Å². The molecule has 1 aromatic carbocycles. The number of nitrogens with zero attached hydrogens (tertiary/aromatic N) is 2. The quantitative estimate of drug-likeness (QED) is 0.456. The fraction of sp³-hybridized carbons (Fsp3) is 0.364. The first-order valence-corrected chi connectivity index (χ1v) is 5.66. The Morgan fingerprint density at radius 1 is 1.53 bits per heavy atom.